The van der Waals surface area contributed by atoms with Crippen molar-refractivity contribution in [3.8, 4) is 0 Å². The molecule has 2 aromatic rings. The number of urea groups is 1. The van der Waals surface area contributed by atoms with Crippen LogP contribution < -0.4 is 5.32 Å². The van der Waals surface area contributed by atoms with E-state index >= 15 is 0 Å². The number of esters is 1. The lowest BCUT2D eigenvalue weighted by Gasteiger charge is -2.34. The van der Waals surface area contributed by atoms with Gasteiger partial charge in [0.25, 0.3) is 5.91 Å². The molecule has 1 aliphatic rings. The van der Waals surface area contributed by atoms with Crippen LogP contribution in [0.2, 0.25) is 10.0 Å². The van der Waals surface area contributed by atoms with Crippen molar-refractivity contribution in [2.75, 3.05) is 38.6 Å². The van der Waals surface area contributed by atoms with Crippen LogP contribution in [0.4, 0.5) is 10.5 Å². The number of thiophene rings is 1. The van der Waals surface area contributed by atoms with Gasteiger partial charge in [-0.2, -0.15) is 0 Å². The molecular weight excluding hydrogens is 425 g/mol. The van der Waals surface area contributed by atoms with Gasteiger partial charge in [-0.1, -0.05) is 23.2 Å². The second-order valence-electron chi connectivity index (χ2n) is 6.02. The Hall–Kier alpha value is -2.29. The third-order valence-electron chi connectivity index (χ3n) is 4.24. The van der Waals surface area contributed by atoms with E-state index in [1.54, 1.807) is 39.4 Å². The number of piperazine rings is 1. The van der Waals surface area contributed by atoms with E-state index in [2.05, 4.69) is 5.32 Å². The average Bonchev–Trinajstić information content (AvgIpc) is 3.14. The van der Waals surface area contributed by atoms with Crippen LogP contribution in [0, 0.1) is 0 Å². The highest BCUT2D eigenvalue weighted by atomic mass is 35.5. The number of carbonyl (C=O) groups excluding carboxylic acids is 3. The first-order valence-corrected chi connectivity index (χ1v) is 9.99. The smallest absolute Gasteiger partial charge is 0.350 e. The van der Waals surface area contributed by atoms with Crippen LogP contribution in [0.5, 0.6) is 0 Å². The van der Waals surface area contributed by atoms with Crippen LogP contribution in [0.1, 0.15) is 20.0 Å². The molecule has 3 rings (SSSR count). The highest BCUT2D eigenvalue weighted by Gasteiger charge is 2.26. The summed E-state index contributed by atoms with van der Waals surface area (Å²) in [5.41, 5.74) is 0.824. The Morgan fingerprint density at radius 3 is 2.25 bits per heavy atom. The maximum Gasteiger partial charge on any atom is 0.350 e. The highest BCUT2D eigenvalue weighted by molar-refractivity contribution is 7.12. The minimum atomic E-state index is -0.499. The van der Waals surface area contributed by atoms with Crippen molar-refractivity contribution in [1.82, 2.24) is 9.80 Å². The predicted octanol–water partition coefficient (Wildman–Crippen LogP) is 3.83. The maximum atomic E-state index is 12.6. The molecule has 0 aliphatic carbocycles. The molecule has 0 atom stereocenters. The molecule has 1 N–H and O–H groups in total. The van der Waals surface area contributed by atoms with E-state index in [0.717, 1.165) is 0 Å². The van der Waals surface area contributed by atoms with Crippen molar-refractivity contribution in [1.29, 1.82) is 0 Å². The summed E-state index contributed by atoms with van der Waals surface area (Å²) >= 11 is 13.1. The Bertz CT molecular complexity index is 890. The third kappa shape index (κ3) is 4.57. The van der Waals surface area contributed by atoms with Crippen LogP contribution in [0.3, 0.4) is 0 Å². The van der Waals surface area contributed by atoms with E-state index in [9.17, 15) is 14.4 Å². The largest absolute Gasteiger partial charge is 0.465 e. The Kier molecular flexibility index (Phi) is 6.43. The molecule has 1 aromatic carbocycles. The summed E-state index contributed by atoms with van der Waals surface area (Å²) in [6, 6.07) is 6.02. The van der Waals surface area contributed by atoms with Gasteiger partial charge >= 0.3 is 12.0 Å². The predicted molar refractivity (Wildman–Crippen MR) is 109 cm³/mol. The first kappa shape index (κ1) is 20.4. The second-order valence-corrected chi connectivity index (χ2v) is 7.81. The van der Waals surface area contributed by atoms with E-state index in [0.29, 0.717) is 52.4 Å². The number of carbonyl (C=O) groups is 3. The minimum Gasteiger partial charge on any atom is -0.465 e. The van der Waals surface area contributed by atoms with Gasteiger partial charge in [-0.05, 0) is 29.6 Å². The lowest BCUT2D eigenvalue weighted by Crippen LogP contribution is -2.51. The number of benzene rings is 1. The molecule has 0 unspecified atom stereocenters. The van der Waals surface area contributed by atoms with Crippen LogP contribution in [0.25, 0.3) is 0 Å². The molecule has 3 amide bonds. The summed E-state index contributed by atoms with van der Waals surface area (Å²) in [7, 11) is 1.29. The fourth-order valence-electron chi connectivity index (χ4n) is 2.83. The van der Waals surface area contributed by atoms with Crippen LogP contribution in [-0.4, -0.2) is 61.0 Å². The van der Waals surface area contributed by atoms with Gasteiger partial charge in [-0.3, -0.25) is 4.79 Å². The molecule has 0 radical (unpaired) electrons. The topological polar surface area (TPSA) is 79.0 Å². The quantitative estimate of drug-likeness (QED) is 0.733. The Morgan fingerprint density at radius 1 is 1.04 bits per heavy atom. The summed E-state index contributed by atoms with van der Waals surface area (Å²) < 4.78 is 4.71. The van der Waals surface area contributed by atoms with Crippen molar-refractivity contribution in [2.24, 2.45) is 0 Å². The SMILES string of the molecule is COC(=O)c1sccc1NC(=O)N1CCN(C(=O)c2cc(Cl)cc(Cl)c2)CC1. The number of nitrogens with zero attached hydrogens (tertiary/aromatic N) is 2. The molecule has 1 saturated heterocycles. The Morgan fingerprint density at radius 2 is 1.64 bits per heavy atom. The zero-order valence-electron chi connectivity index (χ0n) is 14.9. The van der Waals surface area contributed by atoms with Crippen molar-refractivity contribution in [2.45, 2.75) is 0 Å². The van der Waals surface area contributed by atoms with Gasteiger partial charge in [-0.15, -0.1) is 11.3 Å². The number of ether oxygens (including phenoxy) is 1. The van der Waals surface area contributed by atoms with Crippen LogP contribution in [0.15, 0.2) is 29.6 Å². The number of anilines is 1. The first-order chi connectivity index (χ1) is 13.4. The van der Waals surface area contributed by atoms with Crippen LogP contribution in [-0.2, 0) is 4.74 Å². The number of hydrogen-bond acceptors (Lipinski definition) is 5. The van der Waals surface area contributed by atoms with Crippen molar-refractivity contribution in [3.05, 3.63) is 50.1 Å². The Labute approximate surface area is 175 Å². The van der Waals surface area contributed by atoms with Crippen molar-refractivity contribution >= 4 is 58.1 Å². The van der Waals surface area contributed by atoms with Gasteiger partial charge in [0.05, 0.1) is 12.8 Å². The molecule has 7 nitrogen and oxygen atoms in total. The van der Waals surface area contributed by atoms with Crippen molar-refractivity contribution < 1.29 is 19.1 Å². The zero-order valence-corrected chi connectivity index (χ0v) is 17.2. The number of amides is 3. The summed E-state index contributed by atoms with van der Waals surface area (Å²) in [4.78, 5) is 40.4. The fraction of sp³-hybridized carbons (Fsp3) is 0.278. The summed E-state index contributed by atoms with van der Waals surface area (Å²) in [5.74, 6) is -0.684. The molecule has 148 valence electrons. The van der Waals surface area contributed by atoms with Crippen molar-refractivity contribution in [3.63, 3.8) is 0 Å². The summed E-state index contributed by atoms with van der Waals surface area (Å²) in [6.45, 7) is 1.49. The molecule has 0 spiro atoms. The summed E-state index contributed by atoms with van der Waals surface area (Å²) in [6.07, 6.45) is 0. The molecule has 2 heterocycles. The monoisotopic (exact) mass is 441 g/mol. The molecule has 28 heavy (non-hydrogen) atoms. The summed E-state index contributed by atoms with van der Waals surface area (Å²) in [5, 5.41) is 5.22. The Balaban J connectivity index is 1.59. The number of rotatable bonds is 3. The second kappa shape index (κ2) is 8.81. The fourth-order valence-corrected chi connectivity index (χ4v) is 4.12. The van der Waals surface area contributed by atoms with Gasteiger partial charge in [-0.25, -0.2) is 9.59 Å². The number of halogens is 2. The molecule has 0 saturated carbocycles. The average molecular weight is 442 g/mol. The lowest BCUT2D eigenvalue weighted by atomic mass is 10.2. The molecule has 10 heteroatoms. The van der Waals surface area contributed by atoms with Gasteiger partial charge in [0.15, 0.2) is 0 Å². The van der Waals surface area contributed by atoms with E-state index in [1.165, 1.54) is 18.4 Å². The normalized spacial score (nSPS) is 14.0. The van der Waals surface area contributed by atoms with E-state index < -0.39 is 5.97 Å². The van der Waals surface area contributed by atoms with E-state index in [1.807, 2.05) is 0 Å². The minimum absolute atomic E-state index is 0.185. The van der Waals surface area contributed by atoms with Gasteiger partial charge in [0.2, 0.25) is 0 Å². The van der Waals surface area contributed by atoms with Gasteiger partial charge in [0.1, 0.15) is 4.88 Å². The number of nitrogens with one attached hydrogen (secondary N) is 1. The molecular formula is C18H17Cl2N3O4S. The van der Waals surface area contributed by atoms with E-state index in [4.69, 9.17) is 27.9 Å². The number of hydrogen-bond donors (Lipinski definition) is 1. The highest BCUT2D eigenvalue weighted by Crippen LogP contribution is 2.24. The van der Waals surface area contributed by atoms with Gasteiger partial charge in [0, 0.05) is 41.8 Å². The molecule has 0 bridgehead atoms. The zero-order chi connectivity index (χ0) is 20.3. The molecule has 1 fully saturated rings. The maximum absolute atomic E-state index is 12.6. The van der Waals surface area contributed by atoms with Gasteiger partial charge < -0.3 is 19.9 Å². The van der Waals surface area contributed by atoms with E-state index in [-0.39, 0.29) is 11.9 Å². The standard InChI is InChI=1S/C18H17Cl2N3O4S/c1-27-17(25)15-14(2-7-28-15)21-18(26)23-5-3-22(4-6-23)16(24)11-8-12(19)10-13(20)9-11/h2,7-10H,3-6H2,1H3,(H,21,26). The third-order valence-corrected chi connectivity index (χ3v) is 5.57. The molecule has 1 aromatic heterocycles. The number of methoxy groups -OCH3 is 1. The lowest BCUT2D eigenvalue weighted by molar-refractivity contribution is 0.0606. The van der Waals surface area contributed by atoms with Crippen LogP contribution >= 0.6 is 34.5 Å². The molecule has 1 aliphatic heterocycles. The first-order valence-electron chi connectivity index (χ1n) is 8.36.